The number of aliphatic imine (C=N–C) groups is 1. The van der Waals surface area contributed by atoms with E-state index in [1.54, 1.807) is 18.3 Å². The van der Waals surface area contributed by atoms with Crippen LogP contribution in [-0.4, -0.2) is 11.3 Å². The molecular weight excluding hydrogens is 314 g/mol. The summed E-state index contributed by atoms with van der Waals surface area (Å²) in [6, 6.07) is 11.8. The van der Waals surface area contributed by atoms with Crippen molar-refractivity contribution >= 4 is 22.1 Å². The molecular formula is C17H18BrNO. The van der Waals surface area contributed by atoms with Gasteiger partial charge in [0.05, 0.1) is 6.04 Å². The fourth-order valence-corrected chi connectivity index (χ4v) is 2.54. The molecule has 3 heteroatoms. The Balaban J connectivity index is 2.24. The van der Waals surface area contributed by atoms with E-state index in [-0.39, 0.29) is 11.8 Å². The van der Waals surface area contributed by atoms with E-state index in [0.29, 0.717) is 0 Å². The first-order valence-corrected chi connectivity index (χ1v) is 7.35. The van der Waals surface area contributed by atoms with Gasteiger partial charge in [0.15, 0.2) is 0 Å². The maximum absolute atomic E-state index is 9.79. The Morgan fingerprint density at radius 2 is 1.75 bits per heavy atom. The molecule has 0 saturated heterocycles. The second-order valence-electron chi connectivity index (χ2n) is 5.08. The number of rotatable bonds is 3. The second-order valence-corrected chi connectivity index (χ2v) is 5.99. The van der Waals surface area contributed by atoms with Crippen molar-refractivity contribution in [2.75, 3.05) is 0 Å². The molecule has 0 spiro atoms. The van der Waals surface area contributed by atoms with Crippen LogP contribution in [0.5, 0.6) is 5.75 Å². The molecule has 0 unspecified atom stereocenters. The third kappa shape index (κ3) is 3.70. The van der Waals surface area contributed by atoms with Crippen LogP contribution in [0.4, 0.5) is 0 Å². The fourth-order valence-electron chi connectivity index (χ4n) is 2.16. The van der Waals surface area contributed by atoms with Crippen molar-refractivity contribution < 1.29 is 5.11 Å². The predicted octanol–water partition coefficient (Wildman–Crippen LogP) is 4.95. The van der Waals surface area contributed by atoms with Gasteiger partial charge in [-0.25, -0.2) is 0 Å². The van der Waals surface area contributed by atoms with Gasteiger partial charge in [0.1, 0.15) is 5.75 Å². The van der Waals surface area contributed by atoms with Crippen LogP contribution in [0.15, 0.2) is 45.9 Å². The number of benzene rings is 2. The molecule has 0 heterocycles. The van der Waals surface area contributed by atoms with Crippen LogP contribution in [0.3, 0.4) is 0 Å². The number of aromatic hydroxyl groups is 1. The SMILES string of the molecule is Cc1cc(C)cc([C@H](C)N=Cc2cc(Br)ccc2O)c1. The van der Waals surface area contributed by atoms with Crippen LogP contribution < -0.4 is 0 Å². The summed E-state index contributed by atoms with van der Waals surface area (Å²) in [5.74, 6) is 0.240. The lowest BCUT2D eigenvalue weighted by Gasteiger charge is -2.09. The van der Waals surface area contributed by atoms with Crippen molar-refractivity contribution in [3.05, 3.63) is 63.1 Å². The van der Waals surface area contributed by atoms with Gasteiger partial charge in [-0.2, -0.15) is 0 Å². The molecule has 0 fully saturated rings. The summed E-state index contributed by atoms with van der Waals surface area (Å²) in [4.78, 5) is 4.54. The highest BCUT2D eigenvalue weighted by atomic mass is 79.9. The molecule has 0 amide bonds. The third-order valence-corrected chi connectivity index (χ3v) is 3.65. The average Bonchev–Trinajstić information content (AvgIpc) is 2.38. The van der Waals surface area contributed by atoms with Crippen LogP contribution in [0.25, 0.3) is 0 Å². The standard InChI is InChI=1S/C17H18BrNO/c1-11-6-12(2)8-14(7-11)13(3)19-10-15-9-16(18)4-5-17(15)20/h4-10,13,20H,1-3H3/t13-/m0/s1. The molecule has 2 aromatic rings. The molecule has 0 aromatic heterocycles. The lowest BCUT2D eigenvalue weighted by atomic mass is 10.0. The Hall–Kier alpha value is -1.61. The predicted molar refractivity (Wildman–Crippen MR) is 87.7 cm³/mol. The Bertz CT molecular complexity index is 629. The topological polar surface area (TPSA) is 32.6 Å². The molecule has 2 rings (SSSR count). The van der Waals surface area contributed by atoms with Crippen molar-refractivity contribution in [3.8, 4) is 5.75 Å². The smallest absolute Gasteiger partial charge is 0.124 e. The molecule has 0 aliphatic rings. The van der Waals surface area contributed by atoms with E-state index in [2.05, 4.69) is 59.9 Å². The molecule has 0 radical (unpaired) electrons. The van der Waals surface area contributed by atoms with Gasteiger partial charge in [0, 0.05) is 16.3 Å². The third-order valence-electron chi connectivity index (χ3n) is 3.15. The molecule has 0 saturated carbocycles. The zero-order chi connectivity index (χ0) is 14.7. The zero-order valence-corrected chi connectivity index (χ0v) is 13.5. The van der Waals surface area contributed by atoms with Crippen molar-refractivity contribution in [3.63, 3.8) is 0 Å². The molecule has 20 heavy (non-hydrogen) atoms. The summed E-state index contributed by atoms with van der Waals surface area (Å²) >= 11 is 3.39. The second kappa shape index (κ2) is 6.23. The Labute approximate surface area is 128 Å². The van der Waals surface area contributed by atoms with Gasteiger partial charge in [-0.1, -0.05) is 45.3 Å². The van der Waals surface area contributed by atoms with Gasteiger partial charge in [-0.05, 0) is 44.5 Å². The highest BCUT2D eigenvalue weighted by Crippen LogP contribution is 2.23. The number of phenols is 1. The summed E-state index contributed by atoms with van der Waals surface area (Å²) in [7, 11) is 0. The average molecular weight is 332 g/mol. The number of nitrogens with zero attached hydrogens (tertiary/aromatic N) is 1. The van der Waals surface area contributed by atoms with Gasteiger partial charge in [0.2, 0.25) is 0 Å². The molecule has 0 aliphatic heterocycles. The Morgan fingerprint density at radius 3 is 2.40 bits per heavy atom. The van der Waals surface area contributed by atoms with Crippen LogP contribution in [0.1, 0.15) is 35.2 Å². The largest absolute Gasteiger partial charge is 0.507 e. The number of phenolic OH excluding ortho intramolecular Hbond substituents is 1. The number of halogens is 1. The van der Waals surface area contributed by atoms with Crippen LogP contribution in [0.2, 0.25) is 0 Å². The minimum atomic E-state index is 0.0620. The highest BCUT2D eigenvalue weighted by molar-refractivity contribution is 9.10. The summed E-state index contributed by atoms with van der Waals surface area (Å²) < 4.78 is 0.927. The first-order chi connectivity index (χ1) is 9.45. The minimum absolute atomic E-state index is 0.0620. The monoisotopic (exact) mass is 331 g/mol. The summed E-state index contributed by atoms with van der Waals surface area (Å²) in [5.41, 5.74) is 4.39. The summed E-state index contributed by atoms with van der Waals surface area (Å²) in [6.07, 6.45) is 1.72. The van der Waals surface area contributed by atoms with Gasteiger partial charge in [-0.15, -0.1) is 0 Å². The van der Waals surface area contributed by atoms with Crippen LogP contribution >= 0.6 is 15.9 Å². The Kier molecular flexibility index (Phi) is 4.61. The number of hydrogen-bond donors (Lipinski definition) is 1. The van der Waals surface area contributed by atoms with Gasteiger partial charge < -0.3 is 5.11 Å². The van der Waals surface area contributed by atoms with Crippen molar-refractivity contribution in [2.24, 2.45) is 4.99 Å². The number of hydrogen-bond acceptors (Lipinski definition) is 2. The fraction of sp³-hybridized carbons (Fsp3) is 0.235. The molecule has 104 valence electrons. The van der Waals surface area contributed by atoms with Gasteiger partial charge in [0.25, 0.3) is 0 Å². The van der Waals surface area contributed by atoms with Crippen LogP contribution in [-0.2, 0) is 0 Å². The van der Waals surface area contributed by atoms with Crippen LogP contribution in [0, 0.1) is 13.8 Å². The van der Waals surface area contributed by atoms with E-state index in [4.69, 9.17) is 0 Å². The highest BCUT2D eigenvalue weighted by Gasteiger charge is 2.05. The molecule has 0 aliphatic carbocycles. The van der Waals surface area contributed by atoms with E-state index in [1.807, 2.05) is 6.07 Å². The molecule has 1 atom stereocenters. The Morgan fingerprint density at radius 1 is 1.10 bits per heavy atom. The molecule has 2 aromatic carbocycles. The van der Waals surface area contributed by atoms with Crippen molar-refractivity contribution in [1.29, 1.82) is 0 Å². The quantitative estimate of drug-likeness (QED) is 0.793. The van der Waals surface area contributed by atoms with Crippen molar-refractivity contribution in [2.45, 2.75) is 26.8 Å². The molecule has 1 N–H and O–H groups in total. The molecule has 2 nitrogen and oxygen atoms in total. The minimum Gasteiger partial charge on any atom is -0.507 e. The first kappa shape index (κ1) is 14.8. The zero-order valence-electron chi connectivity index (χ0n) is 11.9. The van der Waals surface area contributed by atoms with E-state index in [1.165, 1.54) is 16.7 Å². The van der Waals surface area contributed by atoms with Gasteiger partial charge in [-0.3, -0.25) is 4.99 Å². The normalized spacial score (nSPS) is 12.8. The molecule has 0 bridgehead atoms. The van der Waals surface area contributed by atoms with Crippen molar-refractivity contribution in [1.82, 2.24) is 0 Å². The van der Waals surface area contributed by atoms with E-state index in [0.717, 1.165) is 10.0 Å². The summed E-state index contributed by atoms with van der Waals surface area (Å²) in [6.45, 7) is 6.24. The number of aryl methyl sites for hydroxylation is 2. The van der Waals surface area contributed by atoms with E-state index < -0.39 is 0 Å². The van der Waals surface area contributed by atoms with E-state index in [9.17, 15) is 5.11 Å². The summed E-state index contributed by atoms with van der Waals surface area (Å²) in [5, 5.41) is 9.79. The maximum Gasteiger partial charge on any atom is 0.124 e. The first-order valence-electron chi connectivity index (χ1n) is 6.55. The lowest BCUT2D eigenvalue weighted by Crippen LogP contribution is -1.93. The van der Waals surface area contributed by atoms with Gasteiger partial charge >= 0.3 is 0 Å². The van der Waals surface area contributed by atoms with E-state index >= 15 is 0 Å². The lowest BCUT2D eigenvalue weighted by molar-refractivity contribution is 0.474. The maximum atomic E-state index is 9.79.